The molecule has 0 radical (unpaired) electrons. The Balaban J connectivity index is 1.63. The van der Waals surface area contributed by atoms with Gasteiger partial charge in [0.2, 0.25) is 0 Å². The molecule has 0 saturated carbocycles. The van der Waals surface area contributed by atoms with E-state index in [2.05, 4.69) is 11.9 Å². The number of carbonyl (C=O) groups excluding carboxylic acids is 2. The van der Waals surface area contributed by atoms with Crippen LogP contribution in [-0.4, -0.2) is 69.8 Å². The summed E-state index contributed by atoms with van der Waals surface area (Å²) in [4.78, 5) is 30.1. The van der Waals surface area contributed by atoms with Gasteiger partial charge in [-0.3, -0.25) is 9.69 Å². The van der Waals surface area contributed by atoms with Crippen LogP contribution in [0.4, 0.5) is 4.79 Å². The van der Waals surface area contributed by atoms with Gasteiger partial charge in [-0.25, -0.2) is 4.79 Å². The molecule has 2 aliphatic heterocycles. The first kappa shape index (κ1) is 25.0. The highest BCUT2D eigenvalue weighted by molar-refractivity contribution is 6.01. The van der Waals surface area contributed by atoms with Crippen LogP contribution < -0.4 is 24.3 Å². The molecule has 0 aliphatic carbocycles. The minimum atomic E-state index is -0.629. The molecular formula is C27H31N3O6. The molecule has 36 heavy (non-hydrogen) atoms. The Morgan fingerprint density at radius 1 is 0.972 bits per heavy atom. The number of urea groups is 1. The van der Waals surface area contributed by atoms with Crippen molar-refractivity contribution < 1.29 is 28.5 Å². The summed E-state index contributed by atoms with van der Waals surface area (Å²) in [5.41, 5.74) is 2.94. The van der Waals surface area contributed by atoms with Crippen LogP contribution in [0.5, 0.6) is 23.0 Å². The highest BCUT2D eigenvalue weighted by atomic mass is 16.5. The van der Waals surface area contributed by atoms with Crippen LogP contribution in [0.25, 0.3) is 0 Å². The van der Waals surface area contributed by atoms with Gasteiger partial charge in [-0.05, 0) is 41.8 Å². The van der Waals surface area contributed by atoms with Crippen molar-refractivity contribution in [3.8, 4) is 23.0 Å². The van der Waals surface area contributed by atoms with Gasteiger partial charge in [0.1, 0.15) is 11.5 Å². The molecule has 0 bridgehead atoms. The van der Waals surface area contributed by atoms with Crippen molar-refractivity contribution in [1.29, 1.82) is 0 Å². The standard InChI is InChI=1S/C27H31N3O6/c1-6-10-30-21-16-29(11-9-17-7-8-22(35-4)23(12-17)36-5)26(31)24(21)25(28-27(30)32)18-13-19(33-2)15-20(14-18)34-3/h6-8,12-15,25H,1,9-11,16H2,2-5H3,(H,28,32)/t25-/m0/s1. The van der Waals surface area contributed by atoms with Gasteiger partial charge >= 0.3 is 6.03 Å². The first-order valence-electron chi connectivity index (χ1n) is 11.6. The minimum absolute atomic E-state index is 0.119. The lowest BCUT2D eigenvalue weighted by Gasteiger charge is -2.33. The number of carbonyl (C=O) groups is 2. The number of methoxy groups -OCH3 is 4. The Labute approximate surface area is 210 Å². The lowest BCUT2D eigenvalue weighted by Crippen LogP contribution is -2.47. The summed E-state index contributed by atoms with van der Waals surface area (Å²) in [6.45, 7) is 4.89. The molecule has 0 fully saturated rings. The van der Waals surface area contributed by atoms with Crippen LogP contribution in [0.15, 0.2) is 60.3 Å². The Kier molecular flexibility index (Phi) is 7.38. The molecule has 9 nitrogen and oxygen atoms in total. The van der Waals surface area contributed by atoms with Gasteiger partial charge in [0, 0.05) is 19.2 Å². The predicted octanol–water partition coefficient (Wildman–Crippen LogP) is 3.31. The summed E-state index contributed by atoms with van der Waals surface area (Å²) in [5, 5.41) is 2.99. The van der Waals surface area contributed by atoms with Gasteiger partial charge in [-0.2, -0.15) is 0 Å². The van der Waals surface area contributed by atoms with Crippen LogP contribution in [0.2, 0.25) is 0 Å². The maximum atomic E-state index is 13.7. The number of nitrogens with one attached hydrogen (secondary N) is 1. The first-order chi connectivity index (χ1) is 17.4. The Morgan fingerprint density at radius 3 is 2.28 bits per heavy atom. The second-order valence-corrected chi connectivity index (χ2v) is 8.45. The zero-order valence-electron chi connectivity index (χ0n) is 21.0. The summed E-state index contributed by atoms with van der Waals surface area (Å²) >= 11 is 0. The zero-order chi connectivity index (χ0) is 25.8. The van der Waals surface area contributed by atoms with Crippen molar-refractivity contribution in [2.75, 3.05) is 48.1 Å². The largest absolute Gasteiger partial charge is 0.497 e. The molecule has 9 heteroatoms. The van der Waals surface area contributed by atoms with Crippen molar-refractivity contribution >= 4 is 11.9 Å². The highest BCUT2D eigenvalue weighted by Gasteiger charge is 2.43. The summed E-state index contributed by atoms with van der Waals surface area (Å²) in [6.07, 6.45) is 2.27. The average Bonchev–Trinajstić information content (AvgIpc) is 3.24. The summed E-state index contributed by atoms with van der Waals surface area (Å²) in [6, 6.07) is 10.2. The molecule has 0 saturated heterocycles. The maximum absolute atomic E-state index is 13.7. The van der Waals surface area contributed by atoms with Gasteiger partial charge in [0.25, 0.3) is 5.91 Å². The second kappa shape index (κ2) is 10.6. The zero-order valence-corrected chi connectivity index (χ0v) is 21.0. The van der Waals surface area contributed by atoms with E-state index in [4.69, 9.17) is 18.9 Å². The third kappa shape index (κ3) is 4.68. The topological polar surface area (TPSA) is 89.6 Å². The summed E-state index contributed by atoms with van der Waals surface area (Å²) in [5.74, 6) is 2.32. The normalized spacial score (nSPS) is 17.1. The highest BCUT2D eigenvalue weighted by Crippen LogP contribution is 2.38. The Hall–Kier alpha value is -4.14. The van der Waals surface area contributed by atoms with Crippen LogP contribution in [0.1, 0.15) is 17.2 Å². The van der Waals surface area contributed by atoms with E-state index >= 15 is 0 Å². The Morgan fingerprint density at radius 2 is 1.67 bits per heavy atom. The average molecular weight is 494 g/mol. The predicted molar refractivity (Wildman–Crippen MR) is 135 cm³/mol. The number of amides is 3. The fourth-order valence-corrected chi connectivity index (χ4v) is 4.60. The number of hydrogen-bond donors (Lipinski definition) is 1. The van der Waals surface area contributed by atoms with Crippen LogP contribution in [-0.2, 0) is 11.2 Å². The number of ether oxygens (including phenoxy) is 4. The van der Waals surface area contributed by atoms with Crippen molar-refractivity contribution in [2.24, 2.45) is 0 Å². The number of benzene rings is 2. The lowest BCUT2D eigenvalue weighted by atomic mass is 9.95. The van der Waals surface area contributed by atoms with Crippen LogP contribution in [0, 0.1) is 0 Å². The van der Waals surface area contributed by atoms with E-state index in [1.54, 1.807) is 62.5 Å². The van der Waals surface area contributed by atoms with E-state index < -0.39 is 6.04 Å². The molecule has 2 heterocycles. The summed E-state index contributed by atoms with van der Waals surface area (Å²) < 4.78 is 21.5. The monoisotopic (exact) mass is 493 g/mol. The van der Waals surface area contributed by atoms with E-state index in [9.17, 15) is 9.59 Å². The van der Waals surface area contributed by atoms with E-state index in [0.29, 0.717) is 65.9 Å². The van der Waals surface area contributed by atoms with Crippen LogP contribution >= 0.6 is 0 Å². The minimum Gasteiger partial charge on any atom is -0.497 e. The molecule has 2 aromatic carbocycles. The van der Waals surface area contributed by atoms with Crippen molar-refractivity contribution in [2.45, 2.75) is 12.5 Å². The van der Waals surface area contributed by atoms with Gasteiger partial charge in [-0.1, -0.05) is 12.1 Å². The third-order valence-electron chi connectivity index (χ3n) is 6.43. The Bertz CT molecular complexity index is 1190. The molecule has 4 rings (SSSR count). The van der Waals surface area contributed by atoms with E-state index in [1.165, 1.54) is 0 Å². The molecule has 0 spiro atoms. The van der Waals surface area contributed by atoms with Gasteiger partial charge in [0.05, 0.1) is 52.3 Å². The molecular weight excluding hydrogens is 462 g/mol. The smallest absolute Gasteiger partial charge is 0.322 e. The molecule has 3 amide bonds. The molecule has 2 aromatic rings. The van der Waals surface area contributed by atoms with E-state index in [-0.39, 0.29) is 11.9 Å². The summed E-state index contributed by atoms with van der Waals surface area (Å²) in [7, 11) is 6.31. The van der Waals surface area contributed by atoms with E-state index in [1.807, 2.05) is 18.2 Å². The molecule has 1 atom stereocenters. The molecule has 2 aliphatic rings. The number of rotatable bonds is 10. The molecule has 0 aromatic heterocycles. The quantitative estimate of drug-likeness (QED) is 0.511. The SMILES string of the molecule is C=CCN1C(=O)N[C@@H](c2cc(OC)cc(OC)c2)C2=C1CN(CCc1ccc(OC)c(OC)c1)C2=O. The van der Waals surface area contributed by atoms with Crippen molar-refractivity contribution in [3.63, 3.8) is 0 Å². The fraction of sp³-hybridized carbons (Fsp3) is 0.333. The first-order valence-corrected chi connectivity index (χ1v) is 11.6. The molecule has 1 N–H and O–H groups in total. The van der Waals surface area contributed by atoms with Crippen LogP contribution in [0.3, 0.4) is 0 Å². The molecule has 190 valence electrons. The fourth-order valence-electron chi connectivity index (χ4n) is 4.60. The van der Waals surface area contributed by atoms with Crippen molar-refractivity contribution in [3.05, 3.63) is 71.5 Å². The van der Waals surface area contributed by atoms with Gasteiger partial charge in [-0.15, -0.1) is 6.58 Å². The molecule has 0 unspecified atom stereocenters. The van der Waals surface area contributed by atoms with Gasteiger partial charge in [0.15, 0.2) is 11.5 Å². The number of hydrogen-bond acceptors (Lipinski definition) is 6. The van der Waals surface area contributed by atoms with Gasteiger partial charge < -0.3 is 29.2 Å². The third-order valence-corrected chi connectivity index (χ3v) is 6.43. The maximum Gasteiger partial charge on any atom is 0.322 e. The number of nitrogens with zero attached hydrogens (tertiary/aromatic N) is 2. The lowest BCUT2D eigenvalue weighted by molar-refractivity contribution is -0.125. The van der Waals surface area contributed by atoms with E-state index in [0.717, 1.165) is 5.56 Å². The van der Waals surface area contributed by atoms with Crippen molar-refractivity contribution in [1.82, 2.24) is 15.1 Å². The second-order valence-electron chi connectivity index (χ2n) is 8.45.